The van der Waals surface area contributed by atoms with Gasteiger partial charge < -0.3 is 4.90 Å². The van der Waals surface area contributed by atoms with Crippen molar-refractivity contribution in [3.63, 3.8) is 0 Å². The van der Waals surface area contributed by atoms with E-state index in [1.165, 1.54) is 25.9 Å². The van der Waals surface area contributed by atoms with Crippen molar-refractivity contribution in [3.8, 4) is 0 Å². The molecule has 108 valence electrons. The van der Waals surface area contributed by atoms with Gasteiger partial charge in [0, 0.05) is 55.2 Å². The van der Waals surface area contributed by atoms with Gasteiger partial charge in [0.25, 0.3) is 0 Å². The summed E-state index contributed by atoms with van der Waals surface area (Å²) in [5, 5.41) is 0. The molecule has 0 N–H and O–H groups in total. The van der Waals surface area contributed by atoms with Crippen LogP contribution in [0.25, 0.3) is 0 Å². The van der Waals surface area contributed by atoms with Crippen molar-refractivity contribution in [2.45, 2.75) is 25.3 Å². The van der Waals surface area contributed by atoms with Crippen LogP contribution in [0, 0.1) is 0 Å². The lowest BCUT2D eigenvalue weighted by Crippen LogP contribution is -2.47. The molecule has 0 amide bonds. The van der Waals surface area contributed by atoms with Gasteiger partial charge in [0.2, 0.25) is 0 Å². The zero-order chi connectivity index (χ0) is 13.9. The summed E-state index contributed by atoms with van der Waals surface area (Å²) in [6.07, 6.45) is 3.41. The third-order valence-electron chi connectivity index (χ3n) is 4.29. The van der Waals surface area contributed by atoms with Gasteiger partial charge >= 0.3 is 0 Å². The molecule has 0 bridgehead atoms. The first-order valence-corrected chi connectivity index (χ1v) is 8.27. The highest BCUT2D eigenvalue weighted by molar-refractivity contribution is 9.10. The summed E-state index contributed by atoms with van der Waals surface area (Å²) in [4.78, 5) is 17.2. The zero-order valence-corrected chi connectivity index (χ0v) is 13.3. The van der Waals surface area contributed by atoms with Crippen LogP contribution in [-0.2, 0) is 0 Å². The minimum atomic E-state index is 0.252. The number of halogens is 1. The molecule has 1 aromatic carbocycles. The molecule has 3 rings (SSSR count). The molecule has 0 spiro atoms. The molecule has 1 heterocycles. The van der Waals surface area contributed by atoms with E-state index in [0.29, 0.717) is 6.42 Å². The van der Waals surface area contributed by atoms with Gasteiger partial charge in [0.1, 0.15) is 0 Å². The minimum Gasteiger partial charge on any atom is -0.300 e. The molecule has 0 radical (unpaired) electrons. The molecule has 0 aromatic heterocycles. The van der Waals surface area contributed by atoms with Crippen LogP contribution in [0.3, 0.4) is 0 Å². The first-order valence-electron chi connectivity index (χ1n) is 7.47. The van der Waals surface area contributed by atoms with E-state index in [1.54, 1.807) is 0 Å². The Balaban J connectivity index is 1.43. The number of nitrogens with zero attached hydrogens (tertiary/aromatic N) is 2. The first kappa shape index (κ1) is 14.2. The molecule has 20 heavy (non-hydrogen) atoms. The van der Waals surface area contributed by atoms with E-state index in [2.05, 4.69) is 25.7 Å². The summed E-state index contributed by atoms with van der Waals surface area (Å²) in [5.41, 5.74) is 0.824. The Morgan fingerprint density at radius 3 is 2.35 bits per heavy atom. The lowest BCUT2D eigenvalue weighted by Gasteiger charge is -2.34. The maximum Gasteiger partial charge on any atom is 0.164 e. The first-order chi connectivity index (χ1) is 9.72. The van der Waals surface area contributed by atoms with Crippen LogP contribution in [0.15, 0.2) is 28.7 Å². The molecule has 1 aliphatic heterocycles. The molecule has 2 fully saturated rings. The molecule has 1 saturated heterocycles. The van der Waals surface area contributed by atoms with Crippen molar-refractivity contribution in [1.82, 2.24) is 9.80 Å². The molecule has 1 aliphatic carbocycles. The number of carbonyl (C=O) groups is 1. The number of carbonyl (C=O) groups excluding carboxylic acids is 1. The quantitative estimate of drug-likeness (QED) is 0.772. The SMILES string of the molecule is O=C(CCN1CCN(C2CC2)CC1)c1ccc(Br)cc1. The van der Waals surface area contributed by atoms with E-state index in [9.17, 15) is 4.79 Å². The third kappa shape index (κ3) is 3.68. The smallest absolute Gasteiger partial charge is 0.164 e. The predicted molar refractivity (Wildman–Crippen MR) is 84.1 cm³/mol. The predicted octanol–water partition coefficient (Wildman–Crippen LogP) is 2.80. The molecule has 1 saturated carbocycles. The van der Waals surface area contributed by atoms with E-state index < -0.39 is 0 Å². The van der Waals surface area contributed by atoms with E-state index in [-0.39, 0.29) is 5.78 Å². The lowest BCUT2D eigenvalue weighted by atomic mass is 10.1. The van der Waals surface area contributed by atoms with Crippen LogP contribution >= 0.6 is 15.9 Å². The van der Waals surface area contributed by atoms with Crippen LogP contribution in [0.1, 0.15) is 29.6 Å². The van der Waals surface area contributed by atoms with Crippen molar-refractivity contribution < 1.29 is 4.79 Å². The Morgan fingerprint density at radius 2 is 1.75 bits per heavy atom. The second-order valence-electron chi connectivity index (χ2n) is 5.79. The molecular formula is C16H21BrN2O. The Kier molecular flexibility index (Phi) is 4.54. The summed E-state index contributed by atoms with van der Waals surface area (Å²) >= 11 is 3.39. The van der Waals surface area contributed by atoms with Crippen molar-refractivity contribution >= 4 is 21.7 Å². The second kappa shape index (κ2) is 6.37. The number of piperazine rings is 1. The van der Waals surface area contributed by atoms with Crippen molar-refractivity contribution in [1.29, 1.82) is 0 Å². The maximum atomic E-state index is 12.1. The Bertz CT molecular complexity index is 462. The second-order valence-corrected chi connectivity index (χ2v) is 6.70. The van der Waals surface area contributed by atoms with Gasteiger partial charge in [-0.2, -0.15) is 0 Å². The standard InChI is InChI=1S/C16H21BrN2O/c17-14-3-1-13(2-4-14)16(20)7-8-18-9-11-19(12-10-18)15-5-6-15/h1-4,15H,5-12H2. The summed E-state index contributed by atoms with van der Waals surface area (Å²) < 4.78 is 1.02. The van der Waals surface area contributed by atoms with E-state index in [4.69, 9.17) is 0 Å². The zero-order valence-electron chi connectivity index (χ0n) is 11.7. The fraction of sp³-hybridized carbons (Fsp3) is 0.562. The molecular weight excluding hydrogens is 316 g/mol. The summed E-state index contributed by atoms with van der Waals surface area (Å²) in [7, 11) is 0. The number of benzene rings is 1. The molecule has 4 heteroatoms. The maximum absolute atomic E-state index is 12.1. The highest BCUT2D eigenvalue weighted by Crippen LogP contribution is 2.27. The highest BCUT2D eigenvalue weighted by Gasteiger charge is 2.31. The molecule has 3 nitrogen and oxygen atoms in total. The molecule has 0 atom stereocenters. The normalized spacial score (nSPS) is 21.1. The fourth-order valence-electron chi connectivity index (χ4n) is 2.83. The lowest BCUT2D eigenvalue weighted by molar-refractivity contribution is 0.0921. The fourth-order valence-corrected chi connectivity index (χ4v) is 3.10. The van der Waals surface area contributed by atoms with Gasteiger partial charge in [-0.25, -0.2) is 0 Å². The Morgan fingerprint density at radius 1 is 1.10 bits per heavy atom. The molecule has 2 aliphatic rings. The average molecular weight is 337 g/mol. The number of hydrogen-bond acceptors (Lipinski definition) is 3. The summed E-state index contributed by atoms with van der Waals surface area (Å²) in [5.74, 6) is 0.252. The van der Waals surface area contributed by atoms with E-state index in [0.717, 1.165) is 35.7 Å². The van der Waals surface area contributed by atoms with Crippen molar-refractivity contribution in [3.05, 3.63) is 34.3 Å². The van der Waals surface area contributed by atoms with Gasteiger partial charge in [-0.1, -0.05) is 28.1 Å². The number of hydrogen-bond donors (Lipinski definition) is 0. The van der Waals surface area contributed by atoms with Crippen LogP contribution < -0.4 is 0 Å². The van der Waals surface area contributed by atoms with E-state index in [1.807, 2.05) is 24.3 Å². The number of ketones is 1. The molecule has 0 unspecified atom stereocenters. The summed E-state index contributed by atoms with van der Waals surface area (Å²) in [6, 6.07) is 8.54. The molecule has 1 aromatic rings. The van der Waals surface area contributed by atoms with Gasteiger partial charge in [-0.15, -0.1) is 0 Å². The van der Waals surface area contributed by atoms with Crippen LogP contribution in [0.5, 0.6) is 0 Å². The van der Waals surface area contributed by atoms with E-state index >= 15 is 0 Å². The number of rotatable bonds is 5. The number of Topliss-reactive ketones (excluding diaryl/α,β-unsaturated/α-hetero) is 1. The van der Waals surface area contributed by atoms with Gasteiger partial charge in [0.15, 0.2) is 5.78 Å². The van der Waals surface area contributed by atoms with Gasteiger partial charge in [0.05, 0.1) is 0 Å². The topological polar surface area (TPSA) is 23.6 Å². The van der Waals surface area contributed by atoms with Gasteiger partial charge in [-0.3, -0.25) is 9.69 Å². The van der Waals surface area contributed by atoms with Crippen LogP contribution in [0.2, 0.25) is 0 Å². The van der Waals surface area contributed by atoms with Crippen molar-refractivity contribution in [2.75, 3.05) is 32.7 Å². The largest absolute Gasteiger partial charge is 0.300 e. The van der Waals surface area contributed by atoms with Crippen LogP contribution in [-0.4, -0.2) is 54.3 Å². The monoisotopic (exact) mass is 336 g/mol. The Labute approximate surface area is 129 Å². The highest BCUT2D eigenvalue weighted by atomic mass is 79.9. The van der Waals surface area contributed by atoms with Crippen molar-refractivity contribution in [2.24, 2.45) is 0 Å². The summed E-state index contributed by atoms with van der Waals surface area (Å²) in [6.45, 7) is 5.48. The average Bonchev–Trinajstić information content (AvgIpc) is 3.31. The van der Waals surface area contributed by atoms with Crippen LogP contribution in [0.4, 0.5) is 0 Å². The Hall–Kier alpha value is -0.710. The third-order valence-corrected chi connectivity index (χ3v) is 4.82. The minimum absolute atomic E-state index is 0.252. The van der Waals surface area contributed by atoms with Gasteiger partial charge in [-0.05, 0) is 25.0 Å².